The van der Waals surface area contributed by atoms with Gasteiger partial charge in [0.2, 0.25) is 0 Å². The summed E-state index contributed by atoms with van der Waals surface area (Å²) in [6.07, 6.45) is 7.20. The van der Waals surface area contributed by atoms with Gasteiger partial charge in [-0.25, -0.2) is 0 Å². The van der Waals surface area contributed by atoms with Gasteiger partial charge in [-0.2, -0.15) is 0 Å². The molecule has 0 spiro atoms. The molecule has 1 rings (SSSR count). The highest BCUT2D eigenvalue weighted by Gasteiger charge is 2.20. The summed E-state index contributed by atoms with van der Waals surface area (Å²) in [6, 6.07) is 1.17. The van der Waals surface area contributed by atoms with E-state index >= 15 is 0 Å². The second-order valence-corrected chi connectivity index (χ2v) is 6.89. The molecule has 0 saturated heterocycles. The van der Waals surface area contributed by atoms with Crippen LogP contribution in [0.5, 0.6) is 0 Å². The molecule has 0 aliphatic heterocycles. The Balaban J connectivity index is 2.04. The third-order valence-corrected chi connectivity index (χ3v) is 5.65. The molecule has 0 N–H and O–H groups in total. The third kappa shape index (κ3) is 4.11. The van der Waals surface area contributed by atoms with Crippen LogP contribution in [-0.2, 0) is 8.85 Å². The van der Waals surface area contributed by atoms with Gasteiger partial charge in [-0.3, -0.25) is 0 Å². The SMILES string of the molecule is CO[SiH](CC(C)CCC1CCC1)OC. The average Bonchev–Trinajstić information content (AvgIpc) is 2.11. The van der Waals surface area contributed by atoms with Gasteiger partial charge in [-0.05, 0) is 17.9 Å². The van der Waals surface area contributed by atoms with Crippen molar-refractivity contribution in [2.75, 3.05) is 14.2 Å². The van der Waals surface area contributed by atoms with Crippen molar-refractivity contribution in [1.82, 2.24) is 0 Å². The van der Waals surface area contributed by atoms with Crippen molar-refractivity contribution in [3.8, 4) is 0 Å². The maximum absolute atomic E-state index is 5.33. The van der Waals surface area contributed by atoms with E-state index in [-0.39, 0.29) is 0 Å². The Labute approximate surface area is 89.8 Å². The average molecular weight is 216 g/mol. The van der Waals surface area contributed by atoms with Crippen LogP contribution in [0.3, 0.4) is 0 Å². The van der Waals surface area contributed by atoms with E-state index in [1.165, 1.54) is 38.1 Å². The number of hydrogen-bond acceptors (Lipinski definition) is 2. The third-order valence-electron chi connectivity index (χ3n) is 3.41. The standard InChI is InChI=1S/C11H24O2Si/c1-10(9-14(12-2)13-3)7-8-11-5-4-6-11/h10-11,14H,4-9H2,1-3H3. The maximum Gasteiger partial charge on any atom is 0.321 e. The van der Waals surface area contributed by atoms with Gasteiger partial charge in [0.1, 0.15) is 0 Å². The first-order chi connectivity index (χ1) is 6.76. The highest BCUT2D eigenvalue weighted by Crippen LogP contribution is 2.32. The smallest absolute Gasteiger partial charge is 0.321 e. The van der Waals surface area contributed by atoms with E-state index in [1.54, 1.807) is 14.2 Å². The van der Waals surface area contributed by atoms with Crippen LogP contribution in [0.4, 0.5) is 0 Å². The van der Waals surface area contributed by atoms with Gasteiger partial charge in [0, 0.05) is 14.2 Å². The zero-order valence-electron chi connectivity index (χ0n) is 9.79. The van der Waals surface area contributed by atoms with Crippen LogP contribution >= 0.6 is 0 Å². The van der Waals surface area contributed by atoms with Gasteiger partial charge >= 0.3 is 9.28 Å². The monoisotopic (exact) mass is 216 g/mol. The Kier molecular flexibility index (Phi) is 5.75. The summed E-state index contributed by atoms with van der Waals surface area (Å²) in [5, 5.41) is 0. The number of hydrogen-bond donors (Lipinski definition) is 0. The van der Waals surface area contributed by atoms with Crippen molar-refractivity contribution in [2.24, 2.45) is 11.8 Å². The molecular weight excluding hydrogens is 192 g/mol. The molecule has 0 radical (unpaired) electrons. The quantitative estimate of drug-likeness (QED) is 0.609. The first-order valence-electron chi connectivity index (χ1n) is 5.81. The Morgan fingerprint density at radius 1 is 1.29 bits per heavy atom. The highest BCUT2D eigenvalue weighted by atomic mass is 28.3. The van der Waals surface area contributed by atoms with Crippen LogP contribution in [0.1, 0.15) is 39.0 Å². The lowest BCUT2D eigenvalue weighted by atomic mass is 9.81. The molecule has 0 aromatic heterocycles. The fourth-order valence-electron chi connectivity index (χ4n) is 2.04. The van der Waals surface area contributed by atoms with Crippen LogP contribution in [0.25, 0.3) is 0 Å². The zero-order valence-corrected chi connectivity index (χ0v) is 10.9. The molecule has 0 aromatic rings. The summed E-state index contributed by atoms with van der Waals surface area (Å²) in [5.74, 6) is 1.83. The minimum Gasteiger partial charge on any atom is -0.400 e. The van der Waals surface area contributed by atoms with Gasteiger partial charge in [-0.15, -0.1) is 0 Å². The van der Waals surface area contributed by atoms with E-state index in [0.29, 0.717) is 0 Å². The molecule has 1 unspecified atom stereocenters. The highest BCUT2D eigenvalue weighted by molar-refractivity contribution is 6.44. The molecule has 1 atom stereocenters. The Morgan fingerprint density at radius 2 is 1.93 bits per heavy atom. The van der Waals surface area contributed by atoms with E-state index in [1.807, 2.05) is 0 Å². The lowest BCUT2D eigenvalue weighted by Gasteiger charge is -2.26. The second-order valence-electron chi connectivity index (χ2n) is 4.62. The first kappa shape index (κ1) is 12.2. The molecule has 0 aromatic carbocycles. The van der Waals surface area contributed by atoms with Crippen molar-refractivity contribution in [1.29, 1.82) is 0 Å². The summed E-state index contributed by atoms with van der Waals surface area (Å²) >= 11 is 0. The van der Waals surface area contributed by atoms with Crippen molar-refractivity contribution >= 4 is 9.28 Å². The normalized spacial score (nSPS) is 19.7. The van der Waals surface area contributed by atoms with Crippen LogP contribution in [-0.4, -0.2) is 23.5 Å². The minimum absolute atomic E-state index is 0.784. The van der Waals surface area contributed by atoms with Crippen LogP contribution < -0.4 is 0 Å². The van der Waals surface area contributed by atoms with Gasteiger partial charge < -0.3 is 8.85 Å². The topological polar surface area (TPSA) is 18.5 Å². The molecule has 2 nitrogen and oxygen atoms in total. The molecule has 1 aliphatic carbocycles. The number of rotatable bonds is 7. The van der Waals surface area contributed by atoms with Crippen molar-refractivity contribution in [3.63, 3.8) is 0 Å². The van der Waals surface area contributed by atoms with Gasteiger partial charge in [-0.1, -0.05) is 39.0 Å². The van der Waals surface area contributed by atoms with Crippen molar-refractivity contribution in [2.45, 2.75) is 45.1 Å². The largest absolute Gasteiger partial charge is 0.400 e. The lowest BCUT2D eigenvalue weighted by Crippen LogP contribution is -2.22. The summed E-state index contributed by atoms with van der Waals surface area (Å²) in [5.41, 5.74) is 0. The Bertz CT molecular complexity index is 144. The van der Waals surface area contributed by atoms with E-state index in [2.05, 4.69) is 6.92 Å². The summed E-state index contributed by atoms with van der Waals surface area (Å²) in [4.78, 5) is 0. The molecule has 1 saturated carbocycles. The molecule has 3 heteroatoms. The molecule has 0 heterocycles. The Hall–Kier alpha value is 0.137. The van der Waals surface area contributed by atoms with Crippen LogP contribution in [0, 0.1) is 11.8 Å². The van der Waals surface area contributed by atoms with Crippen LogP contribution in [0.15, 0.2) is 0 Å². The van der Waals surface area contributed by atoms with Gasteiger partial charge in [0.05, 0.1) is 0 Å². The molecular formula is C11H24O2Si. The Morgan fingerprint density at radius 3 is 2.36 bits per heavy atom. The second kappa shape index (κ2) is 6.59. The first-order valence-corrected chi connectivity index (χ1v) is 7.57. The molecule has 0 amide bonds. The van der Waals surface area contributed by atoms with Crippen LogP contribution in [0.2, 0.25) is 6.04 Å². The summed E-state index contributed by atoms with van der Waals surface area (Å²) < 4.78 is 10.7. The fourth-order valence-corrected chi connectivity index (χ4v) is 3.51. The fraction of sp³-hybridized carbons (Fsp3) is 1.00. The van der Waals surface area contributed by atoms with Crippen molar-refractivity contribution in [3.05, 3.63) is 0 Å². The van der Waals surface area contributed by atoms with Gasteiger partial charge in [0.25, 0.3) is 0 Å². The van der Waals surface area contributed by atoms with Gasteiger partial charge in [0.15, 0.2) is 0 Å². The lowest BCUT2D eigenvalue weighted by molar-refractivity contribution is 0.255. The van der Waals surface area contributed by atoms with E-state index in [9.17, 15) is 0 Å². The maximum atomic E-state index is 5.33. The van der Waals surface area contributed by atoms with E-state index < -0.39 is 9.28 Å². The molecule has 1 fully saturated rings. The molecule has 14 heavy (non-hydrogen) atoms. The molecule has 0 bridgehead atoms. The molecule has 1 aliphatic rings. The van der Waals surface area contributed by atoms with Crippen molar-refractivity contribution < 1.29 is 8.85 Å². The minimum atomic E-state index is -1.30. The summed E-state index contributed by atoms with van der Waals surface area (Å²) in [7, 11) is 2.25. The van der Waals surface area contributed by atoms with E-state index in [0.717, 1.165) is 11.8 Å². The predicted molar refractivity (Wildman–Crippen MR) is 61.7 cm³/mol. The predicted octanol–water partition coefficient (Wildman–Crippen LogP) is 2.72. The van der Waals surface area contributed by atoms with E-state index in [4.69, 9.17) is 8.85 Å². The summed E-state index contributed by atoms with van der Waals surface area (Å²) in [6.45, 7) is 2.33. The molecule has 84 valence electrons. The zero-order chi connectivity index (χ0) is 10.4.